The first-order valence-corrected chi connectivity index (χ1v) is 9.13. The second kappa shape index (κ2) is 10.0. The van der Waals surface area contributed by atoms with Gasteiger partial charge in [0.05, 0.1) is 19.8 Å². The van der Waals surface area contributed by atoms with Gasteiger partial charge in [-0.1, -0.05) is 24.3 Å². The van der Waals surface area contributed by atoms with Gasteiger partial charge in [-0.3, -0.25) is 4.79 Å². The highest BCUT2D eigenvalue weighted by Gasteiger charge is 2.14. The van der Waals surface area contributed by atoms with Gasteiger partial charge in [0.25, 0.3) is 5.91 Å². The molecular formula is C23H23NO5. The van der Waals surface area contributed by atoms with Gasteiger partial charge in [-0.25, -0.2) is 0 Å². The molecule has 0 atom stereocenters. The Hall–Kier alpha value is -3.67. The zero-order valence-corrected chi connectivity index (χ0v) is 16.4. The average molecular weight is 393 g/mol. The van der Waals surface area contributed by atoms with Crippen molar-refractivity contribution in [2.45, 2.75) is 0 Å². The lowest BCUT2D eigenvalue weighted by atomic mass is 10.1. The van der Waals surface area contributed by atoms with Crippen LogP contribution in [-0.4, -0.2) is 33.3 Å². The van der Waals surface area contributed by atoms with Gasteiger partial charge in [0.15, 0.2) is 0 Å². The number of amides is 1. The number of benzene rings is 3. The molecule has 3 aromatic carbocycles. The van der Waals surface area contributed by atoms with Crippen LogP contribution in [0.3, 0.4) is 0 Å². The first kappa shape index (κ1) is 20.1. The van der Waals surface area contributed by atoms with Crippen LogP contribution in [0, 0.1) is 0 Å². The van der Waals surface area contributed by atoms with Crippen molar-refractivity contribution >= 4 is 11.6 Å². The maximum atomic E-state index is 12.6. The van der Waals surface area contributed by atoms with Crippen molar-refractivity contribution in [2.75, 3.05) is 32.8 Å². The molecule has 0 fully saturated rings. The highest BCUT2D eigenvalue weighted by molar-refractivity contribution is 6.06. The number of rotatable bonds is 9. The molecular weight excluding hydrogens is 370 g/mol. The topological polar surface area (TPSA) is 66.0 Å². The summed E-state index contributed by atoms with van der Waals surface area (Å²) in [4.78, 5) is 12.6. The molecule has 3 rings (SSSR count). The van der Waals surface area contributed by atoms with Crippen molar-refractivity contribution in [2.24, 2.45) is 0 Å². The second-order valence-corrected chi connectivity index (χ2v) is 6.06. The van der Waals surface area contributed by atoms with Gasteiger partial charge in [-0.2, -0.15) is 0 Å². The summed E-state index contributed by atoms with van der Waals surface area (Å²) in [5.41, 5.74) is 1.03. The van der Waals surface area contributed by atoms with Crippen LogP contribution in [0.5, 0.6) is 23.0 Å². The van der Waals surface area contributed by atoms with Gasteiger partial charge in [0, 0.05) is 17.8 Å². The quantitative estimate of drug-likeness (QED) is 0.546. The molecule has 6 heteroatoms. The second-order valence-electron chi connectivity index (χ2n) is 6.06. The zero-order valence-electron chi connectivity index (χ0n) is 16.4. The first-order valence-electron chi connectivity index (χ1n) is 9.13. The van der Waals surface area contributed by atoms with Crippen LogP contribution in [0.1, 0.15) is 10.4 Å². The van der Waals surface area contributed by atoms with E-state index < -0.39 is 0 Å². The van der Waals surface area contributed by atoms with E-state index in [0.29, 0.717) is 41.7 Å². The number of hydrogen-bond donors (Lipinski definition) is 1. The predicted molar refractivity (Wildman–Crippen MR) is 111 cm³/mol. The molecule has 0 unspecified atom stereocenters. The lowest BCUT2D eigenvalue weighted by Crippen LogP contribution is -2.13. The van der Waals surface area contributed by atoms with Crippen molar-refractivity contribution in [1.29, 1.82) is 0 Å². The smallest absolute Gasteiger partial charge is 0.259 e. The number of anilines is 1. The molecule has 6 nitrogen and oxygen atoms in total. The fourth-order valence-electron chi connectivity index (χ4n) is 2.68. The average Bonchev–Trinajstić information content (AvgIpc) is 2.77. The Kier molecular flexibility index (Phi) is 6.95. The molecule has 0 radical (unpaired) electrons. The van der Waals surface area contributed by atoms with Gasteiger partial charge in [-0.15, -0.1) is 0 Å². The highest BCUT2D eigenvalue weighted by atomic mass is 16.5. The molecule has 0 saturated heterocycles. The molecule has 0 heterocycles. The summed E-state index contributed by atoms with van der Waals surface area (Å²) in [7, 11) is 3.07. The van der Waals surface area contributed by atoms with Crippen LogP contribution >= 0.6 is 0 Å². The molecule has 0 bridgehead atoms. The summed E-state index contributed by atoms with van der Waals surface area (Å²) in [5.74, 6) is 2.21. The van der Waals surface area contributed by atoms with E-state index in [0.717, 1.165) is 5.75 Å². The minimum atomic E-state index is -0.283. The van der Waals surface area contributed by atoms with Crippen molar-refractivity contribution < 1.29 is 23.7 Å². The van der Waals surface area contributed by atoms with Crippen LogP contribution in [0.2, 0.25) is 0 Å². The number of methoxy groups -OCH3 is 2. The number of nitrogens with one attached hydrogen (secondary N) is 1. The van der Waals surface area contributed by atoms with Gasteiger partial charge < -0.3 is 24.3 Å². The fourth-order valence-corrected chi connectivity index (χ4v) is 2.68. The molecule has 0 spiro atoms. The van der Waals surface area contributed by atoms with Crippen LogP contribution in [-0.2, 0) is 0 Å². The molecule has 0 aliphatic rings. The molecule has 1 N–H and O–H groups in total. The minimum absolute atomic E-state index is 0.283. The van der Waals surface area contributed by atoms with E-state index in [1.807, 2.05) is 42.5 Å². The maximum absolute atomic E-state index is 12.6. The number of hydrogen-bond acceptors (Lipinski definition) is 5. The number of ether oxygens (including phenoxy) is 4. The van der Waals surface area contributed by atoms with Crippen LogP contribution in [0.25, 0.3) is 0 Å². The molecule has 0 aliphatic heterocycles. The summed E-state index contributed by atoms with van der Waals surface area (Å²) in [6, 6.07) is 21.8. The Bertz CT molecular complexity index is 943. The number of carbonyl (C=O) groups is 1. The Morgan fingerprint density at radius 3 is 2.21 bits per heavy atom. The number of carbonyl (C=O) groups excluding carboxylic acids is 1. The Morgan fingerprint density at radius 1 is 0.759 bits per heavy atom. The normalized spacial score (nSPS) is 10.1. The molecule has 150 valence electrons. The summed E-state index contributed by atoms with van der Waals surface area (Å²) >= 11 is 0. The predicted octanol–water partition coefficient (Wildman–Crippen LogP) is 4.41. The van der Waals surface area contributed by atoms with Gasteiger partial charge in [-0.05, 0) is 36.4 Å². The largest absolute Gasteiger partial charge is 0.497 e. The minimum Gasteiger partial charge on any atom is -0.497 e. The summed E-state index contributed by atoms with van der Waals surface area (Å²) in [6.45, 7) is 0.808. The summed E-state index contributed by atoms with van der Waals surface area (Å²) in [5, 5.41) is 2.86. The monoisotopic (exact) mass is 393 g/mol. The molecule has 29 heavy (non-hydrogen) atoms. The summed E-state index contributed by atoms with van der Waals surface area (Å²) < 4.78 is 21.8. The third-order valence-corrected chi connectivity index (χ3v) is 4.11. The van der Waals surface area contributed by atoms with Crippen molar-refractivity contribution in [1.82, 2.24) is 0 Å². The lowest BCUT2D eigenvalue weighted by Gasteiger charge is -2.12. The Balaban J connectivity index is 1.57. The SMILES string of the molecule is COc1ccc(C(=O)Nc2cccc(OCCOc3ccccc3)c2)c(OC)c1. The summed E-state index contributed by atoms with van der Waals surface area (Å²) in [6.07, 6.45) is 0. The van der Waals surface area contributed by atoms with E-state index in [9.17, 15) is 4.79 Å². The van der Waals surface area contributed by atoms with E-state index in [2.05, 4.69) is 5.32 Å². The molecule has 1 amide bonds. The molecule has 3 aromatic rings. The third kappa shape index (κ3) is 5.65. The standard InChI is InChI=1S/C23H23NO5/c1-26-19-11-12-21(22(16-19)27-2)23(25)24-17-7-6-10-20(15-17)29-14-13-28-18-8-4-3-5-9-18/h3-12,15-16H,13-14H2,1-2H3,(H,24,25). The van der Waals surface area contributed by atoms with Crippen molar-refractivity contribution in [3.63, 3.8) is 0 Å². The van der Waals surface area contributed by atoms with E-state index in [-0.39, 0.29) is 5.91 Å². The highest BCUT2D eigenvalue weighted by Crippen LogP contribution is 2.26. The Morgan fingerprint density at radius 2 is 1.48 bits per heavy atom. The molecule has 0 aromatic heterocycles. The van der Waals surface area contributed by atoms with E-state index in [4.69, 9.17) is 18.9 Å². The maximum Gasteiger partial charge on any atom is 0.259 e. The van der Waals surface area contributed by atoms with E-state index in [1.54, 1.807) is 37.4 Å². The zero-order chi connectivity index (χ0) is 20.5. The molecule has 0 aliphatic carbocycles. The lowest BCUT2D eigenvalue weighted by molar-refractivity contribution is 0.102. The first-order chi connectivity index (χ1) is 14.2. The molecule has 0 saturated carbocycles. The van der Waals surface area contributed by atoms with Crippen LogP contribution in [0.4, 0.5) is 5.69 Å². The van der Waals surface area contributed by atoms with Crippen molar-refractivity contribution in [3.8, 4) is 23.0 Å². The van der Waals surface area contributed by atoms with Gasteiger partial charge in [0.2, 0.25) is 0 Å². The van der Waals surface area contributed by atoms with E-state index in [1.165, 1.54) is 7.11 Å². The Labute approximate surface area is 170 Å². The van der Waals surface area contributed by atoms with Gasteiger partial charge in [0.1, 0.15) is 36.2 Å². The fraction of sp³-hybridized carbons (Fsp3) is 0.174. The van der Waals surface area contributed by atoms with Crippen LogP contribution in [0.15, 0.2) is 72.8 Å². The number of para-hydroxylation sites is 1. The van der Waals surface area contributed by atoms with E-state index >= 15 is 0 Å². The van der Waals surface area contributed by atoms with Crippen LogP contribution < -0.4 is 24.3 Å². The van der Waals surface area contributed by atoms with Crippen molar-refractivity contribution in [3.05, 3.63) is 78.4 Å². The third-order valence-electron chi connectivity index (χ3n) is 4.11. The van der Waals surface area contributed by atoms with Gasteiger partial charge >= 0.3 is 0 Å².